The predicted octanol–water partition coefficient (Wildman–Crippen LogP) is 2.75. The molecule has 0 aliphatic heterocycles. The average molecular weight is 344 g/mol. The normalized spacial score (nSPS) is 11.5. The first-order valence-corrected chi connectivity index (χ1v) is 7.89. The van der Waals surface area contributed by atoms with Crippen LogP contribution < -0.4 is 15.4 Å². The molecule has 1 atom stereocenters. The van der Waals surface area contributed by atoms with Crippen LogP contribution in [0.3, 0.4) is 0 Å². The zero-order chi connectivity index (χ0) is 18.4. The summed E-state index contributed by atoms with van der Waals surface area (Å²) in [6, 6.07) is 11.0. The first kappa shape index (κ1) is 18.4. The Morgan fingerprint density at radius 2 is 1.92 bits per heavy atom. The molecule has 0 aromatic heterocycles. The summed E-state index contributed by atoms with van der Waals surface area (Å²) in [5.74, 6) is -0.957. The van der Waals surface area contributed by atoms with Gasteiger partial charge in [-0.1, -0.05) is 29.8 Å². The number of carbonyl (C=O) groups is 2. The highest BCUT2D eigenvalue weighted by Gasteiger charge is 2.16. The Kier molecular flexibility index (Phi) is 6.11. The molecule has 0 unspecified atom stereocenters. The molecule has 0 saturated carbocycles. The quantitative estimate of drug-likeness (QED) is 0.847. The standard InChI is InChI=1S/C19H21FN2O3/c1-12-8-9-17(25-3)15(10-12)13(2)22-18(23)11-21-19(24)14-6-4-5-7-16(14)20/h4-10,13H,11H2,1-3H3,(H,21,24)(H,22,23)/t13-/m0/s1. The number of amides is 2. The summed E-state index contributed by atoms with van der Waals surface area (Å²) in [6.07, 6.45) is 0. The molecular weight excluding hydrogens is 323 g/mol. The van der Waals surface area contributed by atoms with Gasteiger partial charge in [-0.3, -0.25) is 9.59 Å². The van der Waals surface area contributed by atoms with E-state index < -0.39 is 11.7 Å². The van der Waals surface area contributed by atoms with E-state index in [1.54, 1.807) is 13.2 Å². The smallest absolute Gasteiger partial charge is 0.254 e. The monoisotopic (exact) mass is 344 g/mol. The summed E-state index contributed by atoms with van der Waals surface area (Å²) in [6.45, 7) is 3.53. The lowest BCUT2D eigenvalue weighted by Gasteiger charge is -2.18. The van der Waals surface area contributed by atoms with Crippen LogP contribution in [-0.4, -0.2) is 25.5 Å². The molecule has 0 spiro atoms. The summed E-state index contributed by atoms with van der Waals surface area (Å²) >= 11 is 0. The lowest BCUT2D eigenvalue weighted by atomic mass is 10.0. The van der Waals surface area contributed by atoms with Gasteiger partial charge in [0.25, 0.3) is 5.91 Å². The molecule has 6 heteroatoms. The van der Waals surface area contributed by atoms with E-state index in [2.05, 4.69) is 10.6 Å². The fourth-order valence-electron chi connectivity index (χ4n) is 2.46. The Morgan fingerprint density at radius 1 is 1.20 bits per heavy atom. The van der Waals surface area contributed by atoms with Gasteiger partial charge < -0.3 is 15.4 Å². The van der Waals surface area contributed by atoms with Crippen molar-refractivity contribution in [3.63, 3.8) is 0 Å². The van der Waals surface area contributed by atoms with Crippen molar-refractivity contribution in [1.82, 2.24) is 10.6 Å². The second kappa shape index (κ2) is 8.28. The number of halogens is 1. The maximum Gasteiger partial charge on any atom is 0.254 e. The van der Waals surface area contributed by atoms with Gasteiger partial charge in [0.15, 0.2) is 0 Å². The van der Waals surface area contributed by atoms with Gasteiger partial charge in [0.05, 0.1) is 25.3 Å². The molecule has 25 heavy (non-hydrogen) atoms. The highest BCUT2D eigenvalue weighted by Crippen LogP contribution is 2.25. The van der Waals surface area contributed by atoms with Gasteiger partial charge in [0.2, 0.25) is 5.91 Å². The molecule has 132 valence electrons. The van der Waals surface area contributed by atoms with Gasteiger partial charge in [-0.15, -0.1) is 0 Å². The Bertz CT molecular complexity index is 777. The average Bonchev–Trinajstić information content (AvgIpc) is 2.60. The third-order valence-corrected chi connectivity index (χ3v) is 3.76. The zero-order valence-electron chi connectivity index (χ0n) is 14.4. The minimum atomic E-state index is -0.631. The zero-order valence-corrected chi connectivity index (χ0v) is 14.4. The number of hydrogen-bond acceptors (Lipinski definition) is 3. The van der Waals surface area contributed by atoms with E-state index in [-0.39, 0.29) is 24.1 Å². The van der Waals surface area contributed by atoms with Crippen molar-refractivity contribution < 1.29 is 18.7 Å². The van der Waals surface area contributed by atoms with Crippen molar-refractivity contribution in [3.05, 3.63) is 65.0 Å². The van der Waals surface area contributed by atoms with E-state index in [9.17, 15) is 14.0 Å². The lowest BCUT2D eigenvalue weighted by molar-refractivity contribution is -0.120. The van der Waals surface area contributed by atoms with Crippen LogP contribution in [-0.2, 0) is 4.79 Å². The Morgan fingerprint density at radius 3 is 2.60 bits per heavy atom. The van der Waals surface area contributed by atoms with Crippen LogP contribution in [0, 0.1) is 12.7 Å². The van der Waals surface area contributed by atoms with E-state index in [4.69, 9.17) is 4.74 Å². The highest BCUT2D eigenvalue weighted by molar-refractivity contribution is 5.96. The van der Waals surface area contributed by atoms with Gasteiger partial charge in [-0.2, -0.15) is 0 Å². The van der Waals surface area contributed by atoms with E-state index in [0.717, 1.165) is 11.1 Å². The Labute approximate surface area is 146 Å². The predicted molar refractivity (Wildman–Crippen MR) is 93.0 cm³/mol. The molecule has 2 N–H and O–H groups in total. The van der Waals surface area contributed by atoms with Gasteiger partial charge >= 0.3 is 0 Å². The fourth-order valence-corrected chi connectivity index (χ4v) is 2.46. The van der Waals surface area contributed by atoms with E-state index in [1.165, 1.54) is 18.2 Å². The largest absolute Gasteiger partial charge is 0.496 e. The number of nitrogens with one attached hydrogen (secondary N) is 2. The first-order chi connectivity index (χ1) is 11.9. The number of ether oxygens (including phenoxy) is 1. The summed E-state index contributed by atoms with van der Waals surface area (Å²) < 4.78 is 18.9. The Balaban J connectivity index is 1.95. The second-order valence-corrected chi connectivity index (χ2v) is 5.70. The van der Waals surface area contributed by atoms with E-state index >= 15 is 0 Å². The van der Waals surface area contributed by atoms with Gasteiger partial charge in [0.1, 0.15) is 11.6 Å². The van der Waals surface area contributed by atoms with Crippen molar-refractivity contribution >= 4 is 11.8 Å². The molecule has 0 fully saturated rings. The molecule has 0 aliphatic carbocycles. The number of hydrogen-bond donors (Lipinski definition) is 2. The van der Waals surface area contributed by atoms with E-state index in [1.807, 2.05) is 32.0 Å². The molecule has 0 bridgehead atoms. The van der Waals surface area contributed by atoms with Crippen LogP contribution in [0.1, 0.15) is 34.5 Å². The van der Waals surface area contributed by atoms with Crippen LogP contribution in [0.15, 0.2) is 42.5 Å². The van der Waals surface area contributed by atoms with Crippen LogP contribution in [0.25, 0.3) is 0 Å². The van der Waals surface area contributed by atoms with Gasteiger partial charge in [-0.05, 0) is 32.0 Å². The van der Waals surface area contributed by atoms with Crippen LogP contribution in [0.4, 0.5) is 4.39 Å². The van der Waals surface area contributed by atoms with Crippen molar-refractivity contribution in [1.29, 1.82) is 0 Å². The molecule has 0 aliphatic rings. The van der Waals surface area contributed by atoms with Crippen LogP contribution in [0.2, 0.25) is 0 Å². The molecule has 2 aromatic carbocycles. The molecule has 0 radical (unpaired) electrons. The number of methoxy groups -OCH3 is 1. The second-order valence-electron chi connectivity index (χ2n) is 5.70. The third-order valence-electron chi connectivity index (χ3n) is 3.76. The van der Waals surface area contributed by atoms with E-state index in [0.29, 0.717) is 5.75 Å². The van der Waals surface area contributed by atoms with Crippen LogP contribution in [0.5, 0.6) is 5.75 Å². The highest BCUT2D eigenvalue weighted by atomic mass is 19.1. The van der Waals surface area contributed by atoms with Crippen molar-refractivity contribution in [2.24, 2.45) is 0 Å². The van der Waals surface area contributed by atoms with Crippen LogP contribution >= 0.6 is 0 Å². The molecule has 2 aromatic rings. The summed E-state index contributed by atoms with van der Waals surface area (Å²) in [7, 11) is 1.57. The molecular formula is C19H21FN2O3. The summed E-state index contributed by atoms with van der Waals surface area (Å²) in [4.78, 5) is 24.0. The van der Waals surface area contributed by atoms with Gasteiger partial charge in [0, 0.05) is 5.56 Å². The summed E-state index contributed by atoms with van der Waals surface area (Å²) in [5, 5.41) is 5.21. The third kappa shape index (κ3) is 4.79. The number of aryl methyl sites for hydroxylation is 1. The maximum atomic E-state index is 13.5. The first-order valence-electron chi connectivity index (χ1n) is 7.89. The Hall–Kier alpha value is -2.89. The number of carbonyl (C=O) groups excluding carboxylic acids is 2. The van der Waals surface area contributed by atoms with Crippen molar-refractivity contribution in [2.75, 3.05) is 13.7 Å². The topological polar surface area (TPSA) is 67.4 Å². The SMILES string of the molecule is COc1ccc(C)cc1[C@H](C)NC(=O)CNC(=O)c1ccccc1F. The maximum absolute atomic E-state index is 13.5. The molecule has 5 nitrogen and oxygen atoms in total. The number of rotatable bonds is 6. The summed E-state index contributed by atoms with van der Waals surface area (Å²) in [5.41, 5.74) is 1.80. The number of benzene rings is 2. The molecule has 2 amide bonds. The molecule has 0 saturated heterocycles. The molecule has 0 heterocycles. The van der Waals surface area contributed by atoms with Gasteiger partial charge in [-0.25, -0.2) is 4.39 Å². The fraction of sp³-hybridized carbons (Fsp3) is 0.263. The molecule has 2 rings (SSSR count). The van der Waals surface area contributed by atoms with Crippen molar-refractivity contribution in [2.45, 2.75) is 19.9 Å². The minimum Gasteiger partial charge on any atom is -0.496 e. The minimum absolute atomic E-state index is 0.0938. The lowest BCUT2D eigenvalue weighted by Crippen LogP contribution is -2.38. The van der Waals surface area contributed by atoms with Crippen molar-refractivity contribution in [3.8, 4) is 5.75 Å².